The molecule has 0 spiro atoms. The molecule has 1 fully saturated rings. The Labute approximate surface area is 137 Å². The highest BCUT2D eigenvalue weighted by Crippen LogP contribution is 2.27. The van der Waals surface area contributed by atoms with Crippen LogP contribution in [-0.4, -0.2) is 32.4 Å². The minimum atomic E-state index is -3.48. The summed E-state index contributed by atoms with van der Waals surface area (Å²) in [5.41, 5.74) is 3.13. The summed E-state index contributed by atoms with van der Waals surface area (Å²) in [5.74, 6) is 0. The van der Waals surface area contributed by atoms with Crippen molar-refractivity contribution in [3.63, 3.8) is 0 Å². The Hall–Kier alpha value is -1.69. The predicted molar refractivity (Wildman–Crippen MR) is 89.8 cm³/mol. The van der Waals surface area contributed by atoms with Crippen molar-refractivity contribution in [2.24, 2.45) is 0 Å². The lowest BCUT2D eigenvalue weighted by molar-refractivity contribution is -0.00256. The maximum Gasteiger partial charge on any atom is 0.243 e. The summed E-state index contributed by atoms with van der Waals surface area (Å²) in [4.78, 5) is 0.349. The Kier molecular flexibility index (Phi) is 4.53. The summed E-state index contributed by atoms with van der Waals surface area (Å²) in [5, 5.41) is 0. The van der Waals surface area contributed by atoms with Gasteiger partial charge in [-0.15, -0.1) is 0 Å². The number of sulfonamides is 1. The van der Waals surface area contributed by atoms with Gasteiger partial charge in [0.2, 0.25) is 10.0 Å². The second-order valence-corrected chi connectivity index (χ2v) is 7.89. The predicted octanol–water partition coefficient (Wildman–Crippen LogP) is 3.07. The molecule has 1 saturated heterocycles. The van der Waals surface area contributed by atoms with Gasteiger partial charge in [0.1, 0.15) is 0 Å². The Morgan fingerprint density at radius 1 is 1.04 bits per heavy atom. The minimum Gasteiger partial charge on any atom is -0.371 e. The van der Waals surface area contributed by atoms with Gasteiger partial charge in [-0.25, -0.2) is 8.42 Å². The van der Waals surface area contributed by atoms with Gasteiger partial charge in [0.05, 0.1) is 17.6 Å². The Morgan fingerprint density at radius 2 is 1.78 bits per heavy atom. The summed E-state index contributed by atoms with van der Waals surface area (Å²) >= 11 is 0. The highest BCUT2D eigenvalue weighted by Gasteiger charge is 2.31. The highest BCUT2D eigenvalue weighted by molar-refractivity contribution is 7.89. The molecule has 1 atom stereocenters. The fraction of sp³-hybridized carbons (Fsp3) is 0.333. The van der Waals surface area contributed by atoms with Crippen LogP contribution in [0.4, 0.5) is 0 Å². The van der Waals surface area contributed by atoms with Crippen molar-refractivity contribution in [3.8, 4) is 0 Å². The number of rotatable bonds is 3. The summed E-state index contributed by atoms with van der Waals surface area (Å²) in [7, 11) is -3.48. The third-order valence-corrected chi connectivity index (χ3v) is 5.97. The lowest BCUT2D eigenvalue weighted by Crippen LogP contribution is -2.42. The summed E-state index contributed by atoms with van der Waals surface area (Å²) in [6, 6.07) is 15.1. The maximum absolute atomic E-state index is 12.8. The topological polar surface area (TPSA) is 46.6 Å². The molecule has 122 valence electrons. The van der Waals surface area contributed by atoms with E-state index in [0.29, 0.717) is 24.6 Å². The molecular formula is C18H21NO3S. The summed E-state index contributed by atoms with van der Waals surface area (Å²) in [6.07, 6.45) is -0.219. The fourth-order valence-electron chi connectivity index (χ4n) is 2.75. The minimum absolute atomic E-state index is 0.219. The van der Waals surface area contributed by atoms with Gasteiger partial charge >= 0.3 is 0 Å². The first kappa shape index (κ1) is 16.2. The lowest BCUT2D eigenvalue weighted by Gasteiger charge is -2.32. The van der Waals surface area contributed by atoms with Crippen molar-refractivity contribution < 1.29 is 13.2 Å². The second-order valence-electron chi connectivity index (χ2n) is 5.95. The molecule has 0 aromatic heterocycles. The molecule has 1 heterocycles. The van der Waals surface area contributed by atoms with E-state index in [-0.39, 0.29) is 6.10 Å². The molecule has 23 heavy (non-hydrogen) atoms. The Balaban J connectivity index is 1.84. The molecule has 2 aromatic rings. The first-order valence-corrected chi connectivity index (χ1v) is 9.16. The van der Waals surface area contributed by atoms with Crippen molar-refractivity contribution in [1.29, 1.82) is 0 Å². The number of aryl methyl sites for hydroxylation is 2. The third kappa shape index (κ3) is 3.47. The average Bonchev–Trinajstić information content (AvgIpc) is 2.56. The van der Waals surface area contributed by atoms with E-state index < -0.39 is 10.0 Å². The number of hydrogen-bond donors (Lipinski definition) is 0. The van der Waals surface area contributed by atoms with Crippen LogP contribution in [-0.2, 0) is 14.8 Å². The second kappa shape index (κ2) is 6.43. The van der Waals surface area contributed by atoms with Crippen LogP contribution in [0.5, 0.6) is 0 Å². The Morgan fingerprint density at radius 3 is 2.48 bits per heavy atom. The Bertz CT molecular complexity index is 784. The fourth-order valence-corrected chi connectivity index (χ4v) is 4.28. The van der Waals surface area contributed by atoms with E-state index in [1.807, 2.05) is 44.2 Å². The monoisotopic (exact) mass is 331 g/mol. The molecule has 0 amide bonds. The van der Waals surface area contributed by atoms with Gasteiger partial charge in [0.25, 0.3) is 0 Å². The molecule has 4 nitrogen and oxygen atoms in total. The van der Waals surface area contributed by atoms with Crippen LogP contribution in [0, 0.1) is 13.8 Å². The largest absolute Gasteiger partial charge is 0.371 e. The normalized spacial score (nSPS) is 19.7. The molecule has 0 saturated carbocycles. The molecule has 5 heteroatoms. The third-order valence-electron chi connectivity index (χ3n) is 4.11. The zero-order chi connectivity index (χ0) is 16.4. The molecule has 0 aliphatic carbocycles. The van der Waals surface area contributed by atoms with E-state index in [0.717, 1.165) is 11.1 Å². The van der Waals surface area contributed by atoms with Crippen molar-refractivity contribution in [2.45, 2.75) is 24.8 Å². The van der Waals surface area contributed by atoms with Gasteiger partial charge in [-0.1, -0.05) is 42.0 Å². The van der Waals surface area contributed by atoms with Crippen LogP contribution in [0.2, 0.25) is 0 Å². The van der Waals surface area contributed by atoms with E-state index >= 15 is 0 Å². The number of benzene rings is 2. The summed E-state index contributed by atoms with van der Waals surface area (Å²) < 4.78 is 33.0. The molecule has 0 radical (unpaired) electrons. The van der Waals surface area contributed by atoms with Crippen LogP contribution in [0.15, 0.2) is 53.4 Å². The van der Waals surface area contributed by atoms with Gasteiger partial charge in [-0.3, -0.25) is 0 Å². The quantitative estimate of drug-likeness (QED) is 0.868. The lowest BCUT2D eigenvalue weighted by atomic mass is 10.1. The van der Waals surface area contributed by atoms with E-state index in [9.17, 15) is 8.42 Å². The number of ether oxygens (including phenoxy) is 1. The van der Waals surface area contributed by atoms with Gasteiger partial charge in [0.15, 0.2) is 0 Å². The molecule has 1 unspecified atom stereocenters. The van der Waals surface area contributed by atoms with E-state index in [2.05, 4.69) is 0 Å². The highest BCUT2D eigenvalue weighted by atomic mass is 32.2. The van der Waals surface area contributed by atoms with Crippen LogP contribution in [0.25, 0.3) is 0 Å². The van der Waals surface area contributed by atoms with E-state index in [4.69, 9.17) is 4.74 Å². The average molecular weight is 331 g/mol. The van der Waals surface area contributed by atoms with Crippen molar-refractivity contribution >= 4 is 10.0 Å². The zero-order valence-electron chi connectivity index (χ0n) is 13.4. The number of nitrogens with zero attached hydrogens (tertiary/aromatic N) is 1. The standard InChI is InChI=1S/C18H21NO3S/c1-14-6-8-16(9-7-14)18-13-19(10-11-22-18)23(20,21)17-5-3-4-15(2)12-17/h3-9,12,18H,10-11,13H2,1-2H3. The SMILES string of the molecule is Cc1ccc(C2CN(S(=O)(=O)c3cccc(C)c3)CCO2)cc1. The zero-order valence-corrected chi connectivity index (χ0v) is 14.2. The first-order valence-electron chi connectivity index (χ1n) is 7.72. The smallest absolute Gasteiger partial charge is 0.243 e. The summed E-state index contributed by atoms with van der Waals surface area (Å²) in [6.45, 7) is 5.06. The van der Waals surface area contributed by atoms with E-state index in [1.165, 1.54) is 9.87 Å². The number of morpholine rings is 1. The van der Waals surface area contributed by atoms with E-state index in [1.54, 1.807) is 18.2 Å². The van der Waals surface area contributed by atoms with Crippen molar-refractivity contribution in [3.05, 3.63) is 65.2 Å². The van der Waals surface area contributed by atoms with Crippen LogP contribution >= 0.6 is 0 Å². The molecule has 1 aliphatic rings. The van der Waals surface area contributed by atoms with Crippen molar-refractivity contribution in [1.82, 2.24) is 4.31 Å². The molecule has 0 N–H and O–H groups in total. The van der Waals surface area contributed by atoms with Gasteiger partial charge in [0, 0.05) is 13.1 Å². The number of hydrogen-bond acceptors (Lipinski definition) is 3. The molecule has 3 rings (SSSR count). The van der Waals surface area contributed by atoms with Crippen LogP contribution < -0.4 is 0 Å². The molecule has 1 aliphatic heterocycles. The first-order chi connectivity index (χ1) is 11.0. The van der Waals surface area contributed by atoms with Gasteiger partial charge in [-0.05, 0) is 37.1 Å². The maximum atomic E-state index is 12.8. The van der Waals surface area contributed by atoms with Gasteiger partial charge in [-0.2, -0.15) is 4.31 Å². The van der Waals surface area contributed by atoms with Crippen molar-refractivity contribution in [2.75, 3.05) is 19.7 Å². The van der Waals surface area contributed by atoms with Gasteiger partial charge < -0.3 is 4.74 Å². The van der Waals surface area contributed by atoms with Crippen LogP contribution in [0.1, 0.15) is 22.8 Å². The van der Waals surface area contributed by atoms with Crippen LogP contribution in [0.3, 0.4) is 0 Å². The molecular weight excluding hydrogens is 310 g/mol. The molecule has 2 aromatic carbocycles. The molecule has 0 bridgehead atoms.